The third-order valence-corrected chi connectivity index (χ3v) is 3.06. The lowest BCUT2D eigenvalue weighted by molar-refractivity contribution is -0.148. The van der Waals surface area contributed by atoms with Crippen LogP contribution in [0.5, 0.6) is 0 Å². The SMILES string of the molecule is COCCNC(=O)CN1CCCCC1C(=O)OC. The Balaban J connectivity index is 2.41. The zero-order valence-corrected chi connectivity index (χ0v) is 11.1. The van der Waals surface area contributed by atoms with Crippen molar-refractivity contribution in [3.8, 4) is 0 Å². The molecule has 1 aliphatic heterocycles. The molecule has 1 N–H and O–H groups in total. The minimum absolute atomic E-state index is 0.0807. The van der Waals surface area contributed by atoms with E-state index in [0.717, 1.165) is 25.8 Å². The van der Waals surface area contributed by atoms with Gasteiger partial charge in [-0.1, -0.05) is 6.42 Å². The maximum Gasteiger partial charge on any atom is 0.323 e. The Morgan fingerprint density at radius 2 is 2.11 bits per heavy atom. The van der Waals surface area contributed by atoms with Crippen LogP contribution >= 0.6 is 0 Å². The number of ether oxygens (including phenoxy) is 2. The van der Waals surface area contributed by atoms with Crippen molar-refractivity contribution in [1.29, 1.82) is 0 Å². The Hall–Kier alpha value is -1.14. The number of hydrogen-bond donors (Lipinski definition) is 1. The van der Waals surface area contributed by atoms with Crippen LogP contribution in [0.25, 0.3) is 0 Å². The smallest absolute Gasteiger partial charge is 0.323 e. The van der Waals surface area contributed by atoms with Gasteiger partial charge in [-0.15, -0.1) is 0 Å². The highest BCUT2D eigenvalue weighted by Crippen LogP contribution is 2.17. The molecule has 0 spiro atoms. The van der Waals surface area contributed by atoms with Crippen LogP contribution in [0.1, 0.15) is 19.3 Å². The maximum absolute atomic E-state index is 11.7. The average Bonchev–Trinajstić information content (AvgIpc) is 2.39. The first-order chi connectivity index (χ1) is 8.69. The number of carbonyl (C=O) groups is 2. The van der Waals surface area contributed by atoms with Gasteiger partial charge in [-0.25, -0.2) is 0 Å². The van der Waals surface area contributed by atoms with E-state index in [1.165, 1.54) is 7.11 Å². The molecular formula is C12H22N2O4. The lowest BCUT2D eigenvalue weighted by atomic mass is 10.0. The molecule has 1 saturated heterocycles. The highest BCUT2D eigenvalue weighted by Gasteiger charge is 2.30. The van der Waals surface area contributed by atoms with Crippen molar-refractivity contribution in [3.63, 3.8) is 0 Å². The normalized spacial score (nSPS) is 20.4. The van der Waals surface area contributed by atoms with Crippen molar-refractivity contribution in [3.05, 3.63) is 0 Å². The Labute approximate surface area is 108 Å². The molecule has 1 amide bonds. The zero-order valence-electron chi connectivity index (χ0n) is 11.1. The topological polar surface area (TPSA) is 67.9 Å². The highest BCUT2D eigenvalue weighted by atomic mass is 16.5. The Morgan fingerprint density at radius 1 is 1.33 bits per heavy atom. The van der Waals surface area contributed by atoms with E-state index >= 15 is 0 Å². The van der Waals surface area contributed by atoms with Crippen molar-refractivity contribution in [2.45, 2.75) is 25.3 Å². The molecule has 1 heterocycles. The summed E-state index contributed by atoms with van der Waals surface area (Å²) >= 11 is 0. The predicted molar refractivity (Wildman–Crippen MR) is 66.1 cm³/mol. The molecule has 0 saturated carbocycles. The number of likely N-dealkylation sites (tertiary alicyclic amines) is 1. The third kappa shape index (κ3) is 4.62. The van der Waals surface area contributed by atoms with Crippen LogP contribution in [0.2, 0.25) is 0 Å². The van der Waals surface area contributed by atoms with Gasteiger partial charge in [0, 0.05) is 13.7 Å². The molecule has 1 unspecified atom stereocenters. The zero-order chi connectivity index (χ0) is 13.4. The molecule has 0 aliphatic carbocycles. The van der Waals surface area contributed by atoms with Gasteiger partial charge in [0.1, 0.15) is 6.04 Å². The van der Waals surface area contributed by atoms with Gasteiger partial charge >= 0.3 is 5.97 Å². The van der Waals surface area contributed by atoms with Crippen LogP contribution in [0, 0.1) is 0 Å². The van der Waals surface area contributed by atoms with Crippen LogP contribution in [0.4, 0.5) is 0 Å². The van der Waals surface area contributed by atoms with E-state index in [1.54, 1.807) is 7.11 Å². The highest BCUT2D eigenvalue weighted by molar-refractivity contribution is 5.80. The first-order valence-corrected chi connectivity index (χ1v) is 6.26. The Kier molecular flexibility index (Phi) is 6.67. The molecule has 18 heavy (non-hydrogen) atoms. The molecule has 0 aromatic carbocycles. The lowest BCUT2D eigenvalue weighted by Crippen LogP contribution is -2.49. The first-order valence-electron chi connectivity index (χ1n) is 6.26. The minimum atomic E-state index is -0.281. The summed E-state index contributed by atoms with van der Waals surface area (Å²) in [5.74, 6) is -0.331. The van der Waals surface area contributed by atoms with Crippen LogP contribution in [-0.4, -0.2) is 63.3 Å². The second-order valence-corrected chi connectivity index (χ2v) is 4.35. The minimum Gasteiger partial charge on any atom is -0.468 e. The molecule has 6 heteroatoms. The molecule has 1 aliphatic rings. The van der Waals surface area contributed by atoms with E-state index in [4.69, 9.17) is 9.47 Å². The van der Waals surface area contributed by atoms with Crippen LogP contribution in [0.3, 0.4) is 0 Å². The van der Waals surface area contributed by atoms with E-state index in [9.17, 15) is 9.59 Å². The first kappa shape index (κ1) is 14.9. The molecule has 1 atom stereocenters. The predicted octanol–water partition coefficient (Wildman–Crippen LogP) is -0.223. The van der Waals surface area contributed by atoms with Crippen LogP contribution in [-0.2, 0) is 19.1 Å². The van der Waals surface area contributed by atoms with E-state index in [0.29, 0.717) is 13.2 Å². The summed E-state index contributed by atoms with van der Waals surface area (Å²) in [5.41, 5.74) is 0. The summed E-state index contributed by atoms with van der Waals surface area (Å²) in [5, 5.41) is 2.75. The molecule has 6 nitrogen and oxygen atoms in total. The average molecular weight is 258 g/mol. The van der Waals surface area contributed by atoms with Crippen molar-refractivity contribution in [2.75, 3.05) is 40.5 Å². The largest absolute Gasteiger partial charge is 0.468 e. The number of nitrogens with zero attached hydrogens (tertiary/aromatic N) is 1. The number of carbonyl (C=O) groups excluding carboxylic acids is 2. The summed E-state index contributed by atoms with van der Waals surface area (Å²) in [7, 11) is 2.97. The molecule has 0 radical (unpaired) electrons. The molecule has 1 fully saturated rings. The summed E-state index contributed by atoms with van der Waals surface area (Å²) in [4.78, 5) is 25.2. The maximum atomic E-state index is 11.7. The number of rotatable bonds is 6. The number of amides is 1. The van der Waals surface area contributed by atoms with Gasteiger partial charge < -0.3 is 14.8 Å². The van der Waals surface area contributed by atoms with Gasteiger partial charge in [0.05, 0.1) is 20.3 Å². The molecule has 1 rings (SSSR count). The number of esters is 1. The number of piperidine rings is 1. The molecule has 0 aromatic heterocycles. The number of nitrogens with one attached hydrogen (secondary N) is 1. The van der Waals surface area contributed by atoms with Crippen LogP contribution < -0.4 is 5.32 Å². The van der Waals surface area contributed by atoms with Crippen molar-refractivity contribution < 1.29 is 19.1 Å². The summed E-state index contributed by atoms with van der Waals surface area (Å²) < 4.78 is 9.62. The van der Waals surface area contributed by atoms with Crippen molar-refractivity contribution >= 4 is 11.9 Å². The fraction of sp³-hybridized carbons (Fsp3) is 0.833. The van der Waals surface area contributed by atoms with Crippen molar-refractivity contribution in [2.24, 2.45) is 0 Å². The summed E-state index contributed by atoms with van der Waals surface area (Å²) in [6.07, 6.45) is 2.78. The van der Waals surface area contributed by atoms with E-state index < -0.39 is 0 Å². The van der Waals surface area contributed by atoms with E-state index in [-0.39, 0.29) is 24.5 Å². The fourth-order valence-corrected chi connectivity index (χ4v) is 2.12. The van der Waals surface area contributed by atoms with Gasteiger partial charge in [-0.2, -0.15) is 0 Å². The van der Waals surface area contributed by atoms with Gasteiger partial charge in [-0.05, 0) is 19.4 Å². The monoisotopic (exact) mass is 258 g/mol. The Bertz CT molecular complexity index is 283. The third-order valence-electron chi connectivity index (χ3n) is 3.06. The molecule has 0 bridgehead atoms. The van der Waals surface area contributed by atoms with Gasteiger partial charge in [-0.3, -0.25) is 14.5 Å². The lowest BCUT2D eigenvalue weighted by Gasteiger charge is -2.32. The Morgan fingerprint density at radius 3 is 2.78 bits per heavy atom. The van der Waals surface area contributed by atoms with Gasteiger partial charge in [0.15, 0.2) is 0 Å². The summed E-state index contributed by atoms with van der Waals surface area (Å²) in [6, 6.07) is -0.281. The van der Waals surface area contributed by atoms with Crippen LogP contribution in [0.15, 0.2) is 0 Å². The van der Waals surface area contributed by atoms with Crippen molar-refractivity contribution in [1.82, 2.24) is 10.2 Å². The van der Waals surface area contributed by atoms with Gasteiger partial charge in [0.25, 0.3) is 0 Å². The number of methoxy groups -OCH3 is 2. The van der Waals surface area contributed by atoms with E-state index in [2.05, 4.69) is 5.32 Å². The summed E-state index contributed by atoms with van der Waals surface area (Å²) in [6.45, 7) is 1.99. The fourth-order valence-electron chi connectivity index (χ4n) is 2.12. The van der Waals surface area contributed by atoms with E-state index in [1.807, 2.05) is 4.90 Å². The van der Waals surface area contributed by atoms with Gasteiger partial charge in [0.2, 0.25) is 5.91 Å². The standard InChI is InChI=1S/C12H22N2O4/c1-17-8-6-13-11(15)9-14-7-4-3-5-10(14)12(16)18-2/h10H,3-9H2,1-2H3,(H,13,15). The quantitative estimate of drug-likeness (QED) is 0.527. The number of hydrogen-bond acceptors (Lipinski definition) is 5. The molecule has 0 aromatic rings. The molecular weight excluding hydrogens is 236 g/mol. The second-order valence-electron chi connectivity index (χ2n) is 4.35. The second kappa shape index (κ2) is 8.05. The molecule has 104 valence electrons.